The molecule has 0 saturated carbocycles. The Kier molecular flexibility index (Phi) is 5.48. The molecule has 0 bridgehead atoms. The molecule has 7 heteroatoms. The van der Waals surface area contributed by atoms with Crippen molar-refractivity contribution in [2.75, 3.05) is 17.2 Å². The molecule has 0 radical (unpaired) electrons. The van der Waals surface area contributed by atoms with Crippen LogP contribution in [0.2, 0.25) is 0 Å². The standard InChI is InChI=1S/C19H16F2N4O/c20-14-5-3-6-15(12-14)23-19(26)17-8-9-18(25-24-17)22-11-10-13-4-1-2-7-16(13)21/h1-9,12H,10-11H2,(H,22,25)(H,23,26). The lowest BCUT2D eigenvalue weighted by atomic mass is 10.1. The Labute approximate surface area is 149 Å². The van der Waals surface area contributed by atoms with Gasteiger partial charge >= 0.3 is 0 Å². The van der Waals surface area contributed by atoms with E-state index in [9.17, 15) is 13.6 Å². The molecule has 0 saturated heterocycles. The van der Waals surface area contributed by atoms with E-state index in [1.54, 1.807) is 30.3 Å². The Hall–Kier alpha value is -3.35. The summed E-state index contributed by atoms with van der Waals surface area (Å²) < 4.78 is 26.7. The van der Waals surface area contributed by atoms with Gasteiger partial charge in [0.15, 0.2) is 5.69 Å². The van der Waals surface area contributed by atoms with Gasteiger partial charge in [0.2, 0.25) is 0 Å². The second-order valence-corrected chi connectivity index (χ2v) is 5.54. The van der Waals surface area contributed by atoms with E-state index >= 15 is 0 Å². The maximum Gasteiger partial charge on any atom is 0.276 e. The van der Waals surface area contributed by atoms with Crippen molar-refractivity contribution in [1.82, 2.24) is 10.2 Å². The fraction of sp³-hybridized carbons (Fsp3) is 0.105. The van der Waals surface area contributed by atoms with Gasteiger partial charge in [-0.05, 0) is 48.4 Å². The highest BCUT2D eigenvalue weighted by atomic mass is 19.1. The number of aromatic nitrogens is 2. The summed E-state index contributed by atoms with van der Waals surface area (Å²) in [6, 6.07) is 15.3. The largest absolute Gasteiger partial charge is 0.368 e. The summed E-state index contributed by atoms with van der Waals surface area (Å²) >= 11 is 0. The van der Waals surface area contributed by atoms with Crippen LogP contribution >= 0.6 is 0 Å². The summed E-state index contributed by atoms with van der Waals surface area (Å²) in [4.78, 5) is 12.1. The summed E-state index contributed by atoms with van der Waals surface area (Å²) in [5, 5.41) is 13.3. The van der Waals surface area contributed by atoms with Crippen LogP contribution in [0.15, 0.2) is 60.7 Å². The average Bonchev–Trinajstić information content (AvgIpc) is 2.64. The Morgan fingerprint density at radius 1 is 0.962 bits per heavy atom. The highest BCUT2D eigenvalue weighted by Gasteiger charge is 2.09. The van der Waals surface area contributed by atoms with Gasteiger partial charge in [0.05, 0.1) is 0 Å². The number of amides is 1. The molecule has 1 amide bonds. The zero-order chi connectivity index (χ0) is 18.4. The van der Waals surface area contributed by atoms with Crippen LogP contribution in [0.4, 0.5) is 20.3 Å². The molecule has 2 N–H and O–H groups in total. The molecule has 2 aromatic carbocycles. The minimum Gasteiger partial charge on any atom is -0.368 e. The van der Waals surface area contributed by atoms with Crippen LogP contribution in [0.1, 0.15) is 16.1 Å². The molecule has 0 unspecified atom stereocenters. The zero-order valence-electron chi connectivity index (χ0n) is 13.7. The third-order valence-electron chi connectivity index (χ3n) is 3.64. The SMILES string of the molecule is O=C(Nc1cccc(F)c1)c1ccc(NCCc2ccccc2F)nn1. The molecule has 5 nitrogen and oxygen atoms in total. The lowest BCUT2D eigenvalue weighted by molar-refractivity contribution is 0.102. The van der Waals surface area contributed by atoms with E-state index in [2.05, 4.69) is 20.8 Å². The quantitative estimate of drug-likeness (QED) is 0.709. The van der Waals surface area contributed by atoms with Crippen molar-refractivity contribution in [3.63, 3.8) is 0 Å². The molecule has 3 rings (SSSR count). The highest BCUT2D eigenvalue weighted by Crippen LogP contribution is 2.11. The smallest absolute Gasteiger partial charge is 0.276 e. The van der Waals surface area contributed by atoms with Gasteiger partial charge in [-0.25, -0.2) is 8.78 Å². The number of carbonyl (C=O) groups is 1. The second kappa shape index (κ2) is 8.15. The van der Waals surface area contributed by atoms with Crippen LogP contribution in [0.25, 0.3) is 0 Å². The van der Waals surface area contributed by atoms with Gasteiger partial charge in [-0.15, -0.1) is 10.2 Å². The number of hydrogen-bond acceptors (Lipinski definition) is 4. The number of nitrogens with zero attached hydrogens (tertiary/aromatic N) is 2. The minimum atomic E-state index is -0.485. The molecule has 1 heterocycles. The van der Waals surface area contributed by atoms with Crippen LogP contribution in [0, 0.1) is 11.6 Å². The van der Waals surface area contributed by atoms with Crippen molar-refractivity contribution in [3.8, 4) is 0 Å². The number of halogens is 2. The predicted octanol–water partition coefficient (Wildman–Crippen LogP) is 3.66. The molecule has 1 aromatic heterocycles. The fourth-order valence-electron chi connectivity index (χ4n) is 2.34. The van der Waals surface area contributed by atoms with Crippen LogP contribution in [-0.4, -0.2) is 22.6 Å². The maximum atomic E-state index is 13.5. The molecule has 26 heavy (non-hydrogen) atoms. The first-order valence-corrected chi connectivity index (χ1v) is 8.00. The van der Waals surface area contributed by atoms with Crippen LogP contribution in [0.5, 0.6) is 0 Å². The Bertz CT molecular complexity index is 900. The number of carbonyl (C=O) groups excluding carboxylic acids is 1. The van der Waals surface area contributed by atoms with Crippen LogP contribution in [0.3, 0.4) is 0 Å². The van der Waals surface area contributed by atoms with Crippen LogP contribution in [-0.2, 0) is 6.42 Å². The monoisotopic (exact) mass is 354 g/mol. The number of benzene rings is 2. The third-order valence-corrected chi connectivity index (χ3v) is 3.64. The van der Waals surface area contributed by atoms with E-state index in [-0.39, 0.29) is 11.5 Å². The lowest BCUT2D eigenvalue weighted by Gasteiger charge is -2.07. The number of rotatable bonds is 6. The van der Waals surface area contributed by atoms with Crippen LogP contribution < -0.4 is 10.6 Å². The summed E-state index contributed by atoms with van der Waals surface area (Å²) in [6.45, 7) is 0.477. The predicted molar refractivity (Wildman–Crippen MR) is 95.0 cm³/mol. The highest BCUT2D eigenvalue weighted by molar-refractivity contribution is 6.02. The van der Waals surface area contributed by atoms with Gasteiger partial charge in [-0.1, -0.05) is 24.3 Å². The lowest BCUT2D eigenvalue weighted by Crippen LogP contribution is -2.15. The summed E-state index contributed by atoms with van der Waals surface area (Å²) in [5.41, 5.74) is 1.05. The number of nitrogens with one attached hydrogen (secondary N) is 2. The Morgan fingerprint density at radius 2 is 1.81 bits per heavy atom. The first-order chi connectivity index (χ1) is 12.6. The minimum absolute atomic E-state index is 0.105. The fourth-order valence-corrected chi connectivity index (χ4v) is 2.34. The summed E-state index contributed by atoms with van der Waals surface area (Å²) in [6.07, 6.45) is 0.496. The second-order valence-electron chi connectivity index (χ2n) is 5.54. The maximum absolute atomic E-state index is 13.5. The Morgan fingerprint density at radius 3 is 2.54 bits per heavy atom. The van der Waals surface area contributed by atoms with Gasteiger partial charge in [0, 0.05) is 12.2 Å². The van der Waals surface area contributed by atoms with Crippen molar-refractivity contribution in [2.45, 2.75) is 6.42 Å². The number of anilines is 2. The first kappa shape index (κ1) is 17.5. The molecular weight excluding hydrogens is 338 g/mol. The van der Waals surface area contributed by atoms with Crippen molar-refractivity contribution in [3.05, 3.63) is 83.6 Å². The molecule has 0 aliphatic rings. The van der Waals surface area contributed by atoms with Gasteiger partial charge in [-0.3, -0.25) is 4.79 Å². The van der Waals surface area contributed by atoms with Gasteiger partial charge in [-0.2, -0.15) is 0 Å². The van der Waals surface area contributed by atoms with E-state index in [1.807, 2.05) is 0 Å². The van der Waals surface area contributed by atoms with Crippen molar-refractivity contribution >= 4 is 17.4 Å². The molecule has 0 aliphatic heterocycles. The third kappa shape index (κ3) is 4.60. The average molecular weight is 354 g/mol. The Balaban J connectivity index is 1.54. The topological polar surface area (TPSA) is 66.9 Å². The van der Waals surface area contributed by atoms with Crippen molar-refractivity contribution in [2.24, 2.45) is 0 Å². The molecule has 0 spiro atoms. The van der Waals surface area contributed by atoms with E-state index in [0.29, 0.717) is 30.0 Å². The zero-order valence-corrected chi connectivity index (χ0v) is 13.7. The van der Waals surface area contributed by atoms with E-state index in [4.69, 9.17) is 0 Å². The normalized spacial score (nSPS) is 10.4. The molecule has 0 atom stereocenters. The molecule has 3 aromatic rings. The van der Waals surface area contributed by atoms with E-state index < -0.39 is 11.7 Å². The first-order valence-electron chi connectivity index (χ1n) is 8.00. The van der Waals surface area contributed by atoms with Crippen molar-refractivity contribution in [1.29, 1.82) is 0 Å². The molecular formula is C19H16F2N4O. The van der Waals surface area contributed by atoms with Gasteiger partial charge in [0.25, 0.3) is 5.91 Å². The van der Waals surface area contributed by atoms with Gasteiger partial charge in [0.1, 0.15) is 17.5 Å². The molecule has 132 valence electrons. The van der Waals surface area contributed by atoms with E-state index in [0.717, 1.165) is 0 Å². The summed E-state index contributed by atoms with van der Waals surface area (Å²) in [5.74, 6) is -0.697. The van der Waals surface area contributed by atoms with Gasteiger partial charge < -0.3 is 10.6 Å². The number of hydrogen-bond donors (Lipinski definition) is 2. The molecule has 0 aliphatic carbocycles. The van der Waals surface area contributed by atoms with Crippen molar-refractivity contribution < 1.29 is 13.6 Å². The summed E-state index contributed by atoms with van der Waals surface area (Å²) in [7, 11) is 0. The van der Waals surface area contributed by atoms with E-state index in [1.165, 1.54) is 30.3 Å². The molecule has 0 fully saturated rings.